The smallest absolute Gasteiger partial charge is 0.229 e. The molecule has 2 fully saturated rings. The monoisotopic (exact) mass is 315 g/mol. The fourth-order valence-electron chi connectivity index (χ4n) is 3.34. The van der Waals surface area contributed by atoms with Crippen LogP contribution in [-0.2, 0) is 16.1 Å². The van der Waals surface area contributed by atoms with E-state index < -0.39 is 0 Å². The summed E-state index contributed by atoms with van der Waals surface area (Å²) < 4.78 is 0. The Bertz CT molecular complexity index is 522. The second kappa shape index (κ2) is 7.70. The molecular weight excluding hydrogens is 290 g/mol. The van der Waals surface area contributed by atoms with E-state index >= 15 is 0 Å². The predicted octanol–water partition coefficient (Wildman–Crippen LogP) is 1.34. The van der Waals surface area contributed by atoms with Gasteiger partial charge in [0.2, 0.25) is 11.8 Å². The number of hydrogen-bond acceptors (Lipinski definition) is 4. The number of carbonyl (C=O) groups excluding carboxylic acids is 2. The molecule has 0 aliphatic carbocycles. The Labute approximate surface area is 137 Å². The van der Waals surface area contributed by atoms with Crippen molar-refractivity contribution in [2.45, 2.75) is 25.8 Å². The van der Waals surface area contributed by atoms with Crippen LogP contribution in [0.25, 0.3) is 0 Å². The third kappa shape index (κ3) is 4.39. The number of benzene rings is 1. The second-order valence-corrected chi connectivity index (χ2v) is 6.40. The Morgan fingerprint density at radius 1 is 0.783 bits per heavy atom. The third-order valence-corrected chi connectivity index (χ3v) is 4.72. The Hall–Kier alpha value is -1.72. The first-order valence-electron chi connectivity index (χ1n) is 8.54. The average Bonchev–Trinajstić information content (AvgIpc) is 2.89. The second-order valence-electron chi connectivity index (χ2n) is 6.40. The minimum atomic E-state index is 0.00248. The van der Waals surface area contributed by atoms with E-state index in [-0.39, 0.29) is 11.8 Å². The number of hydrogen-bond donors (Lipinski definition) is 0. The van der Waals surface area contributed by atoms with Gasteiger partial charge in [-0.05, 0) is 18.5 Å². The number of piperazine rings is 1. The summed E-state index contributed by atoms with van der Waals surface area (Å²) in [6.07, 6.45) is 1.68. The van der Waals surface area contributed by atoms with E-state index in [0.717, 1.165) is 45.7 Å². The fourth-order valence-corrected chi connectivity index (χ4v) is 3.34. The van der Waals surface area contributed by atoms with Gasteiger partial charge in [-0.15, -0.1) is 0 Å². The van der Waals surface area contributed by atoms with Crippen molar-refractivity contribution >= 4 is 11.8 Å². The van der Waals surface area contributed by atoms with E-state index in [1.165, 1.54) is 10.5 Å². The summed E-state index contributed by atoms with van der Waals surface area (Å²) in [5.41, 5.74) is 1.37. The number of rotatable bonds is 6. The van der Waals surface area contributed by atoms with Crippen LogP contribution >= 0.6 is 0 Å². The van der Waals surface area contributed by atoms with Gasteiger partial charge in [0.05, 0.1) is 0 Å². The van der Waals surface area contributed by atoms with E-state index in [2.05, 4.69) is 40.1 Å². The van der Waals surface area contributed by atoms with Gasteiger partial charge in [-0.25, -0.2) is 0 Å². The van der Waals surface area contributed by atoms with Gasteiger partial charge < -0.3 is 4.90 Å². The van der Waals surface area contributed by atoms with Crippen LogP contribution in [0.1, 0.15) is 24.8 Å². The van der Waals surface area contributed by atoms with E-state index in [1.54, 1.807) is 0 Å². The largest absolute Gasteiger partial charge is 0.301 e. The molecule has 5 nitrogen and oxygen atoms in total. The van der Waals surface area contributed by atoms with Crippen LogP contribution < -0.4 is 0 Å². The summed E-state index contributed by atoms with van der Waals surface area (Å²) in [5.74, 6) is 0.00496. The first-order chi connectivity index (χ1) is 11.2. The van der Waals surface area contributed by atoms with Crippen LogP contribution in [0, 0.1) is 0 Å². The Kier molecular flexibility index (Phi) is 5.41. The standard InChI is InChI=1S/C18H25N3O2/c22-17-7-8-18(23)21(17)10-4-9-19-11-13-20(14-12-19)15-16-5-2-1-3-6-16/h1-3,5-6H,4,7-15H2. The van der Waals surface area contributed by atoms with Gasteiger partial charge in [0.1, 0.15) is 0 Å². The molecule has 0 atom stereocenters. The number of carbonyl (C=O) groups is 2. The van der Waals surface area contributed by atoms with Gasteiger partial charge in [0.15, 0.2) is 0 Å². The van der Waals surface area contributed by atoms with Crippen LogP contribution in [0.15, 0.2) is 30.3 Å². The zero-order chi connectivity index (χ0) is 16.1. The molecule has 1 aromatic carbocycles. The van der Waals surface area contributed by atoms with E-state index in [4.69, 9.17) is 0 Å². The number of imide groups is 1. The molecule has 23 heavy (non-hydrogen) atoms. The lowest BCUT2D eigenvalue weighted by molar-refractivity contribution is -0.138. The van der Waals surface area contributed by atoms with Crippen molar-refractivity contribution < 1.29 is 9.59 Å². The average molecular weight is 315 g/mol. The molecule has 0 spiro atoms. The third-order valence-electron chi connectivity index (χ3n) is 4.72. The molecule has 0 radical (unpaired) electrons. The minimum absolute atomic E-state index is 0.00248. The number of amides is 2. The molecule has 0 unspecified atom stereocenters. The van der Waals surface area contributed by atoms with Crippen molar-refractivity contribution in [1.29, 1.82) is 0 Å². The molecule has 124 valence electrons. The predicted molar refractivity (Wildman–Crippen MR) is 88.7 cm³/mol. The van der Waals surface area contributed by atoms with Gasteiger partial charge >= 0.3 is 0 Å². The Morgan fingerprint density at radius 3 is 2.04 bits per heavy atom. The lowest BCUT2D eigenvalue weighted by atomic mass is 10.2. The van der Waals surface area contributed by atoms with Gasteiger partial charge in [-0.3, -0.25) is 19.4 Å². The highest BCUT2D eigenvalue weighted by Crippen LogP contribution is 2.13. The molecule has 0 saturated carbocycles. The van der Waals surface area contributed by atoms with Crippen molar-refractivity contribution in [2.24, 2.45) is 0 Å². The summed E-state index contributed by atoms with van der Waals surface area (Å²) in [5, 5.41) is 0. The maximum Gasteiger partial charge on any atom is 0.229 e. The van der Waals surface area contributed by atoms with E-state index in [1.807, 2.05) is 0 Å². The molecule has 0 N–H and O–H groups in total. The van der Waals surface area contributed by atoms with E-state index in [9.17, 15) is 9.59 Å². The van der Waals surface area contributed by atoms with Crippen LogP contribution in [0.2, 0.25) is 0 Å². The number of likely N-dealkylation sites (tertiary alicyclic amines) is 1. The molecule has 3 rings (SSSR count). The summed E-state index contributed by atoms with van der Waals surface area (Å²) in [6.45, 7) is 6.86. The van der Waals surface area contributed by atoms with Gasteiger partial charge in [0.25, 0.3) is 0 Å². The van der Waals surface area contributed by atoms with Crippen molar-refractivity contribution in [3.63, 3.8) is 0 Å². The molecule has 0 aromatic heterocycles. The summed E-state index contributed by atoms with van der Waals surface area (Å²) in [6, 6.07) is 10.6. The summed E-state index contributed by atoms with van der Waals surface area (Å²) in [4.78, 5) is 29.5. The van der Waals surface area contributed by atoms with Crippen LogP contribution in [0.3, 0.4) is 0 Å². The van der Waals surface area contributed by atoms with Crippen molar-refractivity contribution in [2.75, 3.05) is 39.3 Å². The van der Waals surface area contributed by atoms with Crippen molar-refractivity contribution in [3.8, 4) is 0 Å². The lowest BCUT2D eigenvalue weighted by Gasteiger charge is -2.35. The highest BCUT2D eigenvalue weighted by molar-refractivity contribution is 6.01. The molecule has 1 aromatic rings. The maximum atomic E-state index is 11.6. The van der Waals surface area contributed by atoms with Crippen LogP contribution in [0.5, 0.6) is 0 Å². The molecule has 0 bridgehead atoms. The fraction of sp³-hybridized carbons (Fsp3) is 0.556. The molecule has 2 aliphatic heterocycles. The normalized spacial score (nSPS) is 20.4. The molecule has 2 amide bonds. The Balaban J connectivity index is 1.35. The van der Waals surface area contributed by atoms with Crippen molar-refractivity contribution in [3.05, 3.63) is 35.9 Å². The highest BCUT2D eigenvalue weighted by atomic mass is 16.2. The quantitative estimate of drug-likeness (QED) is 0.743. The SMILES string of the molecule is O=C1CCC(=O)N1CCCN1CCN(Cc2ccccc2)CC1. The van der Waals surface area contributed by atoms with Gasteiger partial charge in [0, 0.05) is 52.1 Å². The highest BCUT2D eigenvalue weighted by Gasteiger charge is 2.28. The molecule has 2 saturated heterocycles. The summed E-state index contributed by atoms with van der Waals surface area (Å²) in [7, 11) is 0. The van der Waals surface area contributed by atoms with Crippen molar-refractivity contribution in [1.82, 2.24) is 14.7 Å². The molecule has 5 heteroatoms. The van der Waals surface area contributed by atoms with Gasteiger partial charge in [-0.2, -0.15) is 0 Å². The van der Waals surface area contributed by atoms with Gasteiger partial charge in [-0.1, -0.05) is 30.3 Å². The molecular formula is C18H25N3O2. The first kappa shape index (κ1) is 16.1. The zero-order valence-corrected chi connectivity index (χ0v) is 13.6. The number of nitrogens with zero attached hydrogens (tertiary/aromatic N) is 3. The molecule has 2 aliphatic rings. The lowest BCUT2D eigenvalue weighted by Crippen LogP contribution is -2.46. The summed E-state index contributed by atoms with van der Waals surface area (Å²) >= 11 is 0. The molecule has 2 heterocycles. The van der Waals surface area contributed by atoms with Crippen LogP contribution in [0.4, 0.5) is 0 Å². The minimum Gasteiger partial charge on any atom is -0.301 e. The van der Waals surface area contributed by atoms with E-state index in [0.29, 0.717) is 19.4 Å². The van der Waals surface area contributed by atoms with Crippen LogP contribution in [-0.4, -0.2) is 65.8 Å². The zero-order valence-electron chi connectivity index (χ0n) is 13.6. The Morgan fingerprint density at radius 2 is 1.39 bits per heavy atom. The maximum absolute atomic E-state index is 11.6. The topological polar surface area (TPSA) is 43.9 Å². The first-order valence-corrected chi connectivity index (χ1v) is 8.54.